The number of benzene rings is 1. The van der Waals surface area contributed by atoms with Gasteiger partial charge in [0, 0.05) is 12.5 Å². The summed E-state index contributed by atoms with van der Waals surface area (Å²) in [5.74, 6) is 1.25. The van der Waals surface area contributed by atoms with E-state index in [4.69, 9.17) is 5.10 Å². The summed E-state index contributed by atoms with van der Waals surface area (Å²) in [7, 11) is 0. The van der Waals surface area contributed by atoms with E-state index >= 15 is 0 Å². The second-order valence-corrected chi connectivity index (χ2v) is 6.67. The summed E-state index contributed by atoms with van der Waals surface area (Å²) in [4.78, 5) is 0.874. The molecule has 6 heteroatoms. The van der Waals surface area contributed by atoms with Gasteiger partial charge in [0.2, 0.25) is 4.96 Å². The highest BCUT2D eigenvalue weighted by molar-refractivity contribution is 7.16. The molecule has 0 spiro atoms. The Morgan fingerprint density at radius 2 is 2.14 bits per heavy atom. The van der Waals surface area contributed by atoms with Gasteiger partial charge in [0.25, 0.3) is 0 Å². The van der Waals surface area contributed by atoms with Crippen LogP contribution in [-0.4, -0.2) is 26.4 Å². The smallest absolute Gasteiger partial charge is 0.234 e. The molecule has 1 N–H and O–H groups in total. The average Bonchev–Trinajstić information content (AvgIpc) is 3.06. The molecule has 4 rings (SSSR count). The number of rotatable bonds is 2. The fourth-order valence-electron chi connectivity index (χ4n) is 2.85. The maximum Gasteiger partial charge on any atom is 0.234 e. The highest BCUT2D eigenvalue weighted by atomic mass is 32.1. The van der Waals surface area contributed by atoms with Crippen molar-refractivity contribution < 1.29 is 0 Å². The van der Waals surface area contributed by atoms with E-state index in [1.165, 1.54) is 11.1 Å². The lowest BCUT2D eigenvalue weighted by Gasteiger charge is -2.24. The van der Waals surface area contributed by atoms with Crippen molar-refractivity contribution >= 4 is 16.3 Å². The van der Waals surface area contributed by atoms with Crippen LogP contribution in [0.25, 0.3) is 4.96 Å². The zero-order chi connectivity index (χ0) is 14.4. The van der Waals surface area contributed by atoms with Crippen molar-refractivity contribution in [3.63, 3.8) is 0 Å². The Morgan fingerprint density at radius 3 is 3.00 bits per heavy atom. The topological polar surface area (TPSA) is 55.1 Å². The molecule has 108 valence electrons. The van der Waals surface area contributed by atoms with Crippen molar-refractivity contribution in [2.24, 2.45) is 0 Å². The third-order valence-corrected chi connectivity index (χ3v) is 4.87. The Kier molecular flexibility index (Phi) is 3.01. The van der Waals surface area contributed by atoms with Crippen LogP contribution in [-0.2, 0) is 6.42 Å². The van der Waals surface area contributed by atoms with Crippen molar-refractivity contribution in [2.75, 3.05) is 6.54 Å². The van der Waals surface area contributed by atoms with Gasteiger partial charge in [-0.05, 0) is 17.5 Å². The summed E-state index contributed by atoms with van der Waals surface area (Å²) in [6.45, 7) is 5.21. The van der Waals surface area contributed by atoms with Gasteiger partial charge in [-0.3, -0.25) is 0 Å². The fraction of sp³-hybridized carbons (Fsp3) is 0.400. The summed E-state index contributed by atoms with van der Waals surface area (Å²) >= 11 is 1.62. The van der Waals surface area contributed by atoms with Gasteiger partial charge in [-0.15, -0.1) is 10.2 Å². The van der Waals surface area contributed by atoms with Crippen molar-refractivity contribution in [1.29, 1.82) is 0 Å². The standard InChI is InChI=1S/C15H17N5S/c1-9(2)13-17-18-15-20(13)19-14(21-15)12-11-6-4-3-5-10(11)7-8-16-12/h3-6,9,12,16H,7-8H2,1-2H3. The molecule has 1 aliphatic heterocycles. The Bertz CT molecular complexity index is 788. The highest BCUT2D eigenvalue weighted by Gasteiger charge is 2.25. The van der Waals surface area contributed by atoms with Crippen LogP contribution >= 0.6 is 11.3 Å². The van der Waals surface area contributed by atoms with Gasteiger partial charge < -0.3 is 5.32 Å². The number of nitrogens with zero attached hydrogens (tertiary/aromatic N) is 4. The van der Waals surface area contributed by atoms with E-state index < -0.39 is 0 Å². The van der Waals surface area contributed by atoms with Gasteiger partial charge in [0.1, 0.15) is 5.01 Å². The van der Waals surface area contributed by atoms with E-state index in [0.29, 0.717) is 5.92 Å². The molecule has 0 saturated heterocycles. The third-order valence-electron chi connectivity index (χ3n) is 3.90. The zero-order valence-electron chi connectivity index (χ0n) is 12.1. The van der Waals surface area contributed by atoms with Gasteiger partial charge >= 0.3 is 0 Å². The van der Waals surface area contributed by atoms with Crippen molar-refractivity contribution in [1.82, 2.24) is 25.1 Å². The first-order valence-electron chi connectivity index (χ1n) is 7.27. The second kappa shape index (κ2) is 4.89. The van der Waals surface area contributed by atoms with E-state index in [-0.39, 0.29) is 6.04 Å². The van der Waals surface area contributed by atoms with Crippen LogP contribution in [0.5, 0.6) is 0 Å². The summed E-state index contributed by atoms with van der Waals surface area (Å²) < 4.78 is 1.89. The van der Waals surface area contributed by atoms with E-state index in [2.05, 4.69) is 53.6 Å². The quantitative estimate of drug-likeness (QED) is 0.790. The molecule has 3 heterocycles. The van der Waals surface area contributed by atoms with Crippen molar-refractivity contribution in [2.45, 2.75) is 32.2 Å². The molecule has 0 aliphatic carbocycles. The molecule has 21 heavy (non-hydrogen) atoms. The molecule has 0 fully saturated rings. The van der Waals surface area contributed by atoms with Crippen molar-refractivity contribution in [3.05, 3.63) is 46.2 Å². The van der Waals surface area contributed by atoms with Gasteiger partial charge in [-0.1, -0.05) is 49.4 Å². The molecule has 1 aromatic carbocycles. The Hall–Kier alpha value is -1.79. The molecule has 0 radical (unpaired) electrons. The minimum absolute atomic E-state index is 0.168. The lowest BCUT2D eigenvalue weighted by Crippen LogP contribution is -2.30. The van der Waals surface area contributed by atoms with E-state index in [1.54, 1.807) is 11.3 Å². The normalized spacial score (nSPS) is 18.3. The maximum atomic E-state index is 4.76. The van der Waals surface area contributed by atoms with Crippen LogP contribution in [0.1, 0.15) is 47.8 Å². The Labute approximate surface area is 127 Å². The lowest BCUT2D eigenvalue weighted by molar-refractivity contribution is 0.557. The first-order valence-corrected chi connectivity index (χ1v) is 8.09. The van der Waals surface area contributed by atoms with E-state index in [0.717, 1.165) is 28.8 Å². The minimum Gasteiger partial charge on any atom is -0.304 e. The summed E-state index contributed by atoms with van der Waals surface area (Å²) in [5, 5.41) is 17.9. The second-order valence-electron chi connectivity index (χ2n) is 5.68. The monoisotopic (exact) mass is 299 g/mol. The van der Waals surface area contributed by atoms with Gasteiger partial charge in [-0.25, -0.2) is 0 Å². The first kappa shape index (κ1) is 12.9. The molecule has 1 atom stereocenters. The fourth-order valence-corrected chi connectivity index (χ4v) is 3.79. The van der Waals surface area contributed by atoms with E-state index in [1.807, 2.05) is 4.52 Å². The first-order chi connectivity index (χ1) is 10.2. The molecule has 0 bridgehead atoms. The number of hydrogen-bond donors (Lipinski definition) is 1. The molecular formula is C15H17N5S. The van der Waals surface area contributed by atoms with Crippen LogP contribution in [0.15, 0.2) is 24.3 Å². The summed E-state index contributed by atoms with van der Waals surface area (Å²) in [5.41, 5.74) is 2.75. The van der Waals surface area contributed by atoms with Crippen molar-refractivity contribution in [3.8, 4) is 0 Å². The molecule has 0 amide bonds. The number of nitrogens with one attached hydrogen (secondary N) is 1. The van der Waals surface area contributed by atoms with E-state index in [9.17, 15) is 0 Å². The SMILES string of the molecule is CC(C)c1nnc2sc(C3NCCc4ccccc43)nn12. The molecular weight excluding hydrogens is 282 g/mol. The van der Waals surface area contributed by atoms with Gasteiger partial charge in [0.05, 0.1) is 6.04 Å². The minimum atomic E-state index is 0.168. The number of aromatic nitrogens is 4. The van der Waals surface area contributed by atoms with Gasteiger partial charge in [0.15, 0.2) is 5.82 Å². The van der Waals surface area contributed by atoms with Crippen LogP contribution in [0.2, 0.25) is 0 Å². The molecule has 1 aliphatic rings. The lowest BCUT2D eigenvalue weighted by atomic mass is 9.95. The Morgan fingerprint density at radius 1 is 1.29 bits per heavy atom. The predicted octanol–water partition coefficient (Wildman–Crippen LogP) is 2.54. The van der Waals surface area contributed by atoms with Crippen LogP contribution in [0, 0.1) is 0 Å². The largest absolute Gasteiger partial charge is 0.304 e. The Balaban J connectivity index is 1.81. The summed E-state index contributed by atoms with van der Waals surface area (Å²) in [6, 6.07) is 8.78. The molecule has 0 saturated carbocycles. The molecule has 1 unspecified atom stereocenters. The molecule has 2 aromatic heterocycles. The summed E-state index contributed by atoms with van der Waals surface area (Å²) in [6.07, 6.45) is 1.08. The van der Waals surface area contributed by atoms with Crippen LogP contribution < -0.4 is 5.32 Å². The number of hydrogen-bond acceptors (Lipinski definition) is 5. The van der Waals surface area contributed by atoms with Crippen LogP contribution in [0.3, 0.4) is 0 Å². The average molecular weight is 299 g/mol. The highest BCUT2D eigenvalue weighted by Crippen LogP contribution is 2.31. The molecule has 3 aromatic rings. The number of fused-ring (bicyclic) bond motifs is 2. The predicted molar refractivity (Wildman–Crippen MR) is 82.7 cm³/mol. The maximum absolute atomic E-state index is 4.76. The molecule has 5 nitrogen and oxygen atoms in total. The third kappa shape index (κ3) is 2.06. The van der Waals surface area contributed by atoms with Gasteiger partial charge in [-0.2, -0.15) is 9.61 Å². The zero-order valence-corrected chi connectivity index (χ0v) is 12.9. The van der Waals surface area contributed by atoms with Crippen LogP contribution in [0.4, 0.5) is 0 Å².